The van der Waals surface area contributed by atoms with Crippen molar-refractivity contribution in [3.8, 4) is 11.5 Å². The molecule has 0 radical (unpaired) electrons. The lowest BCUT2D eigenvalue weighted by Gasteiger charge is -2.34. The number of hydrogen-bond acceptors (Lipinski definition) is 8. The molecule has 0 bridgehead atoms. The Morgan fingerprint density at radius 3 is 2.62 bits per heavy atom. The summed E-state index contributed by atoms with van der Waals surface area (Å²) >= 11 is 6.84. The highest BCUT2D eigenvalue weighted by atomic mass is 35.5. The van der Waals surface area contributed by atoms with Crippen molar-refractivity contribution in [1.82, 2.24) is 38.7 Å². The van der Waals surface area contributed by atoms with Gasteiger partial charge in [0.25, 0.3) is 0 Å². The first-order valence-corrected chi connectivity index (χ1v) is 13.6. The molecule has 2 fully saturated rings. The van der Waals surface area contributed by atoms with E-state index in [9.17, 15) is 5.11 Å². The van der Waals surface area contributed by atoms with Crippen LogP contribution >= 0.6 is 11.6 Å². The van der Waals surface area contributed by atoms with Gasteiger partial charge in [0.15, 0.2) is 28.6 Å². The van der Waals surface area contributed by atoms with Crippen molar-refractivity contribution in [3.63, 3.8) is 0 Å². The third-order valence-electron chi connectivity index (χ3n) is 7.54. The van der Waals surface area contributed by atoms with Gasteiger partial charge in [-0.3, -0.25) is 9.08 Å². The Morgan fingerprint density at radius 2 is 1.90 bits per heavy atom. The number of pyridine rings is 1. The highest BCUT2D eigenvalue weighted by Crippen LogP contribution is 2.41. The molecule has 2 N–H and O–H groups in total. The molecule has 7 rings (SSSR count). The van der Waals surface area contributed by atoms with Crippen LogP contribution in [0.2, 0.25) is 5.02 Å². The number of rotatable bonds is 6. The molecular weight excluding hydrogens is 518 g/mol. The smallest absolute Gasteiger partial charge is 0.210 e. The summed E-state index contributed by atoms with van der Waals surface area (Å²) in [5.41, 5.74) is 2.92. The lowest BCUT2D eigenvalue weighted by molar-refractivity contribution is 0.0411. The average Bonchev–Trinajstić information content (AvgIpc) is 3.34. The number of imidazole rings is 2. The standard InChI is InChI=1S/C27H30ClN9O2/c1-27(2,3)19-9-20(34-37(19)15-7-16(38)8-15)32-26-33-24-23(35(26)4)22(28)18(11-30-24)39-17-10-29-21-12-31-25(14-5-6-14)36(21)13-17/h9-16,38H,5-8H2,1-4H3,(H,30,32,33,34). The van der Waals surface area contributed by atoms with Gasteiger partial charge < -0.3 is 19.7 Å². The summed E-state index contributed by atoms with van der Waals surface area (Å²) in [6, 6.07) is 2.24. The van der Waals surface area contributed by atoms with Gasteiger partial charge in [-0.2, -0.15) is 10.1 Å². The fourth-order valence-electron chi connectivity index (χ4n) is 5.17. The minimum Gasteiger partial charge on any atom is -0.451 e. The Morgan fingerprint density at radius 1 is 1.10 bits per heavy atom. The van der Waals surface area contributed by atoms with Crippen LogP contribution in [0.25, 0.3) is 16.8 Å². The highest BCUT2D eigenvalue weighted by molar-refractivity contribution is 6.36. The number of aromatic nitrogens is 8. The second-order valence-corrected chi connectivity index (χ2v) is 12.0. The Labute approximate surface area is 229 Å². The number of anilines is 2. The molecule has 0 saturated heterocycles. The molecule has 0 aromatic carbocycles. The summed E-state index contributed by atoms with van der Waals surface area (Å²) < 4.78 is 12.0. The van der Waals surface area contributed by atoms with Gasteiger partial charge in [-0.1, -0.05) is 32.4 Å². The lowest BCUT2D eigenvalue weighted by atomic mass is 9.87. The third-order valence-corrected chi connectivity index (χ3v) is 7.91. The van der Waals surface area contributed by atoms with Gasteiger partial charge in [0.1, 0.15) is 16.4 Å². The second-order valence-electron chi connectivity index (χ2n) is 11.6. The van der Waals surface area contributed by atoms with Gasteiger partial charge in [0.05, 0.1) is 36.9 Å². The van der Waals surface area contributed by atoms with Crippen LogP contribution in [-0.2, 0) is 12.5 Å². The molecule has 2 saturated carbocycles. The highest BCUT2D eigenvalue weighted by Gasteiger charge is 2.34. The Balaban J connectivity index is 1.19. The van der Waals surface area contributed by atoms with E-state index < -0.39 is 0 Å². The number of nitrogens with one attached hydrogen (secondary N) is 1. The molecule has 0 amide bonds. The van der Waals surface area contributed by atoms with Gasteiger partial charge in [0.2, 0.25) is 5.95 Å². The van der Waals surface area contributed by atoms with Crippen LogP contribution in [0.1, 0.15) is 69.9 Å². The zero-order valence-electron chi connectivity index (χ0n) is 22.3. The van der Waals surface area contributed by atoms with Crippen LogP contribution in [0.4, 0.5) is 11.8 Å². The van der Waals surface area contributed by atoms with Crippen molar-refractivity contribution < 1.29 is 9.84 Å². The molecule has 0 aliphatic heterocycles. The molecule has 5 aromatic heterocycles. The van der Waals surface area contributed by atoms with E-state index in [1.807, 2.05) is 33.0 Å². The first-order valence-electron chi connectivity index (χ1n) is 13.2. The predicted molar refractivity (Wildman–Crippen MR) is 147 cm³/mol. The van der Waals surface area contributed by atoms with Gasteiger partial charge in [-0.15, -0.1) is 0 Å². The summed E-state index contributed by atoms with van der Waals surface area (Å²) in [5, 5.41) is 18.4. The number of hydrogen-bond donors (Lipinski definition) is 2. The van der Waals surface area contributed by atoms with Crippen LogP contribution in [0.3, 0.4) is 0 Å². The van der Waals surface area contributed by atoms with Gasteiger partial charge in [0, 0.05) is 30.1 Å². The quantitative estimate of drug-likeness (QED) is 0.295. The second kappa shape index (κ2) is 8.65. The zero-order chi connectivity index (χ0) is 27.1. The van der Waals surface area contributed by atoms with E-state index >= 15 is 0 Å². The maximum atomic E-state index is 9.84. The van der Waals surface area contributed by atoms with Gasteiger partial charge >= 0.3 is 0 Å². The zero-order valence-corrected chi connectivity index (χ0v) is 23.0. The van der Waals surface area contributed by atoms with Gasteiger partial charge in [-0.05, 0) is 25.7 Å². The maximum absolute atomic E-state index is 9.84. The molecule has 5 aromatic rings. The number of halogens is 1. The normalized spacial score (nSPS) is 19.5. The number of aliphatic hydroxyl groups is 1. The van der Waals surface area contributed by atoms with Crippen molar-refractivity contribution in [1.29, 1.82) is 0 Å². The largest absolute Gasteiger partial charge is 0.451 e. The molecule has 0 unspecified atom stereocenters. The van der Waals surface area contributed by atoms with E-state index in [0.29, 0.717) is 58.2 Å². The molecule has 5 heterocycles. The average molecular weight is 548 g/mol. The molecule has 39 heavy (non-hydrogen) atoms. The Bertz CT molecular complexity index is 1720. The van der Waals surface area contributed by atoms with Crippen molar-refractivity contribution in [2.24, 2.45) is 7.05 Å². The molecule has 2 aliphatic carbocycles. The molecule has 0 spiro atoms. The molecule has 11 nitrogen and oxygen atoms in total. The van der Waals surface area contributed by atoms with E-state index in [1.54, 1.807) is 18.6 Å². The van der Waals surface area contributed by atoms with Crippen molar-refractivity contribution in [3.05, 3.63) is 47.4 Å². The summed E-state index contributed by atoms with van der Waals surface area (Å²) in [4.78, 5) is 18.2. The van der Waals surface area contributed by atoms with Crippen LogP contribution < -0.4 is 10.1 Å². The summed E-state index contributed by atoms with van der Waals surface area (Å²) in [7, 11) is 1.87. The molecule has 2 aliphatic rings. The molecule has 202 valence electrons. The van der Waals surface area contributed by atoms with Crippen LogP contribution in [0.5, 0.6) is 11.5 Å². The summed E-state index contributed by atoms with van der Waals surface area (Å²) in [6.07, 6.45) is 10.4. The van der Waals surface area contributed by atoms with Gasteiger partial charge in [-0.25, -0.2) is 15.0 Å². The minimum atomic E-state index is -0.259. The lowest BCUT2D eigenvalue weighted by Crippen LogP contribution is -2.34. The number of aliphatic hydroxyl groups excluding tert-OH is 1. The topological polar surface area (TPSA) is 120 Å². The fourth-order valence-corrected chi connectivity index (χ4v) is 5.47. The first kappa shape index (κ1) is 24.3. The SMILES string of the molecule is Cn1c(Nc2cc(C(C)(C)C)n(C3CC(O)C3)n2)nc2ncc(Oc3cnc4cnc(C5CC5)n4c3)c(Cl)c21. The first-order chi connectivity index (χ1) is 18.7. The Hall–Kier alpha value is -3.70. The summed E-state index contributed by atoms with van der Waals surface area (Å²) in [5.74, 6) is 3.70. The van der Waals surface area contributed by atoms with Crippen molar-refractivity contribution in [2.75, 3.05) is 5.32 Å². The molecule has 12 heteroatoms. The van der Waals surface area contributed by atoms with Crippen LogP contribution in [0, 0.1) is 0 Å². The summed E-state index contributed by atoms with van der Waals surface area (Å²) in [6.45, 7) is 6.48. The van der Waals surface area contributed by atoms with Crippen LogP contribution in [0.15, 0.2) is 30.9 Å². The van der Waals surface area contributed by atoms with Crippen molar-refractivity contribution >= 4 is 40.2 Å². The van der Waals surface area contributed by atoms with E-state index in [1.165, 1.54) is 0 Å². The number of nitrogens with zero attached hydrogens (tertiary/aromatic N) is 8. The maximum Gasteiger partial charge on any atom is 0.210 e. The van der Waals surface area contributed by atoms with E-state index in [-0.39, 0.29) is 17.6 Å². The van der Waals surface area contributed by atoms with Crippen LogP contribution in [-0.4, -0.2) is 49.9 Å². The predicted octanol–water partition coefficient (Wildman–Crippen LogP) is 5.27. The van der Waals surface area contributed by atoms with E-state index in [0.717, 1.165) is 30.0 Å². The van der Waals surface area contributed by atoms with E-state index in [2.05, 4.69) is 46.0 Å². The molecular formula is C27H30ClN9O2. The fraction of sp³-hybridized carbons (Fsp3) is 0.444. The third kappa shape index (κ3) is 4.20. The number of fused-ring (bicyclic) bond motifs is 2. The minimum absolute atomic E-state index is 0.106. The van der Waals surface area contributed by atoms with E-state index in [4.69, 9.17) is 21.4 Å². The van der Waals surface area contributed by atoms with Crippen molar-refractivity contribution in [2.45, 2.75) is 69.9 Å². The molecule has 0 atom stereocenters. The monoisotopic (exact) mass is 547 g/mol. The number of aryl methyl sites for hydroxylation is 1. The number of ether oxygens (including phenoxy) is 1. The Kier molecular flexibility index (Phi) is 5.40.